The van der Waals surface area contributed by atoms with Gasteiger partial charge in [-0.3, -0.25) is 9.59 Å². The van der Waals surface area contributed by atoms with E-state index in [-0.39, 0.29) is 17.7 Å². The highest BCUT2D eigenvalue weighted by Crippen LogP contribution is 2.28. The summed E-state index contributed by atoms with van der Waals surface area (Å²) in [5.41, 5.74) is 1.50. The van der Waals surface area contributed by atoms with Crippen LogP contribution in [0.4, 0.5) is 0 Å². The number of amides is 2. The van der Waals surface area contributed by atoms with Gasteiger partial charge in [-0.15, -0.1) is 0 Å². The fourth-order valence-corrected chi connectivity index (χ4v) is 2.61. The maximum Gasteiger partial charge on any atom is 0.252 e. The lowest BCUT2D eigenvalue weighted by atomic mass is 10.0. The molecule has 1 unspecified atom stereocenters. The lowest BCUT2D eigenvalue weighted by molar-refractivity contribution is -0.124. The molecular formula is C20H30N2O3. The molecule has 25 heavy (non-hydrogen) atoms. The number of rotatable bonds is 10. The van der Waals surface area contributed by atoms with Gasteiger partial charge in [-0.2, -0.15) is 0 Å². The summed E-state index contributed by atoms with van der Waals surface area (Å²) in [6.45, 7) is 7.82. The summed E-state index contributed by atoms with van der Waals surface area (Å²) in [7, 11) is 0. The zero-order valence-corrected chi connectivity index (χ0v) is 15.5. The van der Waals surface area contributed by atoms with E-state index in [0.29, 0.717) is 18.7 Å². The molecule has 1 aliphatic rings. The zero-order valence-electron chi connectivity index (χ0n) is 15.5. The van der Waals surface area contributed by atoms with Crippen LogP contribution in [0.2, 0.25) is 0 Å². The minimum atomic E-state index is -0.542. The molecule has 0 spiro atoms. The lowest BCUT2D eigenvalue weighted by Crippen LogP contribution is -2.50. The number of aryl methyl sites for hydroxylation is 1. The molecule has 1 fully saturated rings. The molecule has 0 bridgehead atoms. The van der Waals surface area contributed by atoms with Gasteiger partial charge in [-0.1, -0.05) is 32.0 Å². The smallest absolute Gasteiger partial charge is 0.252 e. The van der Waals surface area contributed by atoms with Gasteiger partial charge in [0.05, 0.1) is 0 Å². The molecule has 1 aromatic carbocycles. The third-order valence-corrected chi connectivity index (χ3v) is 4.44. The number of hydrogen-bond acceptors (Lipinski definition) is 3. The van der Waals surface area contributed by atoms with Gasteiger partial charge < -0.3 is 15.4 Å². The largest absolute Gasteiger partial charge is 0.381 e. The molecule has 5 heteroatoms. The normalized spacial score (nSPS) is 15.0. The van der Waals surface area contributed by atoms with E-state index >= 15 is 0 Å². The molecule has 2 amide bonds. The van der Waals surface area contributed by atoms with Crippen molar-refractivity contribution in [3.05, 3.63) is 35.4 Å². The van der Waals surface area contributed by atoms with Crippen molar-refractivity contribution in [1.82, 2.24) is 10.6 Å². The van der Waals surface area contributed by atoms with Crippen LogP contribution in [0, 0.1) is 18.8 Å². The van der Waals surface area contributed by atoms with E-state index in [2.05, 4.69) is 10.6 Å². The van der Waals surface area contributed by atoms with Gasteiger partial charge in [0.25, 0.3) is 5.91 Å². The van der Waals surface area contributed by atoms with E-state index in [1.54, 1.807) is 6.07 Å². The Labute approximate surface area is 150 Å². The number of ether oxygens (including phenoxy) is 1. The summed E-state index contributed by atoms with van der Waals surface area (Å²) in [6, 6.07) is 6.84. The fraction of sp³-hybridized carbons (Fsp3) is 0.600. The van der Waals surface area contributed by atoms with Crippen LogP contribution < -0.4 is 10.6 Å². The van der Waals surface area contributed by atoms with E-state index in [4.69, 9.17) is 4.74 Å². The Kier molecular flexibility index (Phi) is 7.44. The van der Waals surface area contributed by atoms with E-state index in [9.17, 15) is 9.59 Å². The second-order valence-electron chi connectivity index (χ2n) is 7.17. The monoisotopic (exact) mass is 346 g/mol. The van der Waals surface area contributed by atoms with Gasteiger partial charge in [-0.25, -0.2) is 0 Å². The first kappa shape index (κ1) is 19.4. The fourth-order valence-electron chi connectivity index (χ4n) is 2.61. The van der Waals surface area contributed by atoms with Gasteiger partial charge in [0.15, 0.2) is 0 Å². The topological polar surface area (TPSA) is 67.4 Å². The highest BCUT2D eigenvalue weighted by molar-refractivity contribution is 5.98. The first-order valence-electron chi connectivity index (χ1n) is 9.21. The first-order chi connectivity index (χ1) is 12.0. The van der Waals surface area contributed by atoms with Crippen molar-refractivity contribution in [2.24, 2.45) is 11.8 Å². The molecule has 0 aromatic heterocycles. The summed E-state index contributed by atoms with van der Waals surface area (Å²) < 4.78 is 5.56. The van der Waals surface area contributed by atoms with Crippen molar-refractivity contribution in [1.29, 1.82) is 0 Å². The van der Waals surface area contributed by atoms with Gasteiger partial charge in [0, 0.05) is 25.3 Å². The van der Waals surface area contributed by atoms with Gasteiger partial charge in [-0.05, 0) is 49.7 Å². The van der Waals surface area contributed by atoms with Crippen LogP contribution in [0.25, 0.3) is 0 Å². The van der Waals surface area contributed by atoms with E-state index < -0.39 is 6.04 Å². The molecule has 1 aliphatic carbocycles. The van der Waals surface area contributed by atoms with E-state index in [0.717, 1.165) is 24.5 Å². The first-order valence-corrected chi connectivity index (χ1v) is 9.21. The van der Waals surface area contributed by atoms with Crippen molar-refractivity contribution in [2.45, 2.75) is 46.1 Å². The Balaban J connectivity index is 1.77. The zero-order chi connectivity index (χ0) is 18.2. The van der Waals surface area contributed by atoms with Crippen molar-refractivity contribution in [3.63, 3.8) is 0 Å². The second-order valence-corrected chi connectivity index (χ2v) is 7.17. The molecule has 0 aliphatic heterocycles. The molecular weight excluding hydrogens is 316 g/mol. The molecule has 1 atom stereocenters. The Morgan fingerprint density at radius 2 is 1.96 bits per heavy atom. The minimum absolute atomic E-state index is 0.0130. The lowest BCUT2D eigenvalue weighted by Gasteiger charge is -2.22. The summed E-state index contributed by atoms with van der Waals surface area (Å²) in [5.74, 6) is 0.425. The molecule has 1 saturated carbocycles. The molecule has 2 N–H and O–H groups in total. The van der Waals surface area contributed by atoms with Crippen LogP contribution >= 0.6 is 0 Å². The van der Waals surface area contributed by atoms with Gasteiger partial charge >= 0.3 is 0 Å². The van der Waals surface area contributed by atoms with Crippen molar-refractivity contribution < 1.29 is 14.3 Å². The molecule has 0 radical (unpaired) electrons. The number of carbonyl (C=O) groups excluding carboxylic acids is 2. The number of hydrogen-bond donors (Lipinski definition) is 2. The van der Waals surface area contributed by atoms with Crippen LogP contribution in [0.3, 0.4) is 0 Å². The SMILES string of the molecule is Cc1ccccc1C(=O)NC(C(=O)NCCCOCC1CC1)C(C)C. The van der Waals surface area contributed by atoms with Gasteiger partial charge in [0.2, 0.25) is 5.91 Å². The molecule has 5 nitrogen and oxygen atoms in total. The average molecular weight is 346 g/mol. The maximum atomic E-state index is 12.5. The molecule has 2 rings (SSSR count). The Morgan fingerprint density at radius 3 is 2.60 bits per heavy atom. The van der Waals surface area contributed by atoms with E-state index in [1.807, 2.05) is 39.0 Å². The Bertz CT molecular complexity index is 582. The summed E-state index contributed by atoms with van der Waals surface area (Å²) in [4.78, 5) is 24.9. The number of carbonyl (C=O) groups is 2. The quantitative estimate of drug-likeness (QED) is 0.640. The van der Waals surface area contributed by atoms with Crippen molar-refractivity contribution in [3.8, 4) is 0 Å². The number of nitrogens with one attached hydrogen (secondary N) is 2. The van der Waals surface area contributed by atoms with Crippen LogP contribution in [0.15, 0.2) is 24.3 Å². The van der Waals surface area contributed by atoms with E-state index in [1.165, 1.54) is 12.8 Å². The molecule has 1 aromatic rings. The third kappa shape index (κ3) is 6.50. The van der Waals surface area contributed by atoms with Gasteiger partial charge in [0.1, 0.15) is 6.04 Å². The Hall–Kier alpha value is -1.88. The predicted molar refractivity (Wildman–Crippen MR) is 98.4 cm³/mol. The predicted octanol–water partition coefficient (Wildman–Crippen LogP) is 2.68. The minimum Gasteiger partial charge on any atom is -0.381 e. The van der Waals surface area contributed by atoms with Crippen LogP contribution in [0.5, 0.6) is 0 Å². The standard InChI is InChI=1S/C20H30N2O3/c1-14(2)18(22-19(23)17-8-5-4-7-15(17)3)20(24)21-11-6-12-25-13-16-9-10-16/h4-5,7-8,14,16,18H,6,9-13H2,1-3H3,(H,21,24)(H,22,23). The van der Waals surface area contributed by atoms with Crippen molar-refractivity contribution >= 4 is 11.8 Å². The highest BCUT2D eigenvalue weighted by atomic mass is 16.5. The summed E-state index contributed by atoms with van der Waals surface area (Å²) in [5, 5.41) is 5.77. The van der Waals surface area contributed by atoms with Crippen LogP contribution in [-0.2, 0) is 9.53 Å². The second kappa shape index (κ2) is 9.56. The molecule has 0 saturated heterocycles. The summed E-state index contributed by atoms with van der Waals surface area (Å²) in [6.07, 6.45) is 3.36. The van der Waals surface area contributed by atoms with Crippen LogP contribution in [-0.4, -0.2) is 37.6 Å². The maximum absolute atomic E-state index is 12.5. The average Bonchev–Trinajstić information content (AvgIpc) is 3.39. The highest BCUT2D eigenvalue weighted by Gasteiger charge is 2.25. The third-order valence-electron chi connectivity index (χ3n) is 4.44. The summed E-state index contributed by atoms with van der Waals surface area (Å²) >= 11 is 0. The molecule has 0 heterocycles. The number of benzene rings is 1. The Morgan fingerprint density at radius 1 is 1.24 bits per heavy atom. The van der Waals surface area contributed by atoms with Crippen LogP contribution in [0.1, 0.15) is 49.0 Å². The molecule has 138 valence electrons. The van der Waals surface area contributed by atoms with Crippen molar-refractivity contribution in [2.75, 3.05) is 19.8 Å².